The van der Waals surface area contributed by atoms with Crippen molar-refractivity contribution in [3.63, 3.8) is 0 Å². The lowest BCUT2D eigenvalue weighted by Gasteiger charge is -2.27. The average molecular weight is 370 g/mol. The normalized spacial score (nSPS) is 18.8. The summed E-state index contributed by atoms with van der Waals surface area (Å²) in [4.78, 5) is 39.0. The van der Waals surface area contributed by atoms with Gasteiger partial charge in [-0.2, -0.15) is 0 Å². The Morgan fingerprint density at radius 3 is 2.27 bits per heavy atom. The van der Waals surface area contributed by atoms with Gasteiger partial charge in [0.1, 0.15) is 6.04 Å². The number of carbonyl (C=O) groups is 3. The predicted octanol–water partition coefficient (Wildman–Crippen LogP) is -0.134. The van der Waals surface area contributed by atoms with Crippen LogP contribution in [0.2, 0.25) is 0 Å². The Balaban J connectivity index is 2.56. The van der Waals surface area contributed by atoms with E-state index >= 15 is 0 Å². The number of carbonyl (C=O) groups excluding carboxylic acids is 3. The number of morpholine rings is 1. The van der Waals surface area contributed by atoms with Crippen LogP contribution in [0.4, 0.5) is 0 Å². The van der Waals surface area contributed by atoms with E-state index in [9.17, 15) is 14.4 Å². The summed E-state index contributed by atoms with van der Waals surface area (Å²) in [6.07, 6.45) is 0.926. The van der Waals surface area contributed by atoms with Crippen molar-refractivity contribution in [3.8, 4) is 0 Å². The fraction of sp³-hybridized carbons (Fsp3) is 0.833. The van der Waals surface area contributed by atoms with Crippen LogP contribution >= 0.6 is 0 Å². The number of nitrogens with zero attached hydrogens (tertiary/aromatic N) is 1. The zero-order valence-corrected chi connectivity index (χ0v) is 16.4. The third-order valence-electron chi connectivity index (χ3n) is 4.84. The molecule has 1 heterocycles. The second kappa shape index (κ2) is 11.3. The first-order chi connectivity index (χ1) is 12.3. The van der Waals surface area contributed by atoms with Gasteiger partial charge in [0, 0.05) is 26.1 Å². The molecule has 8 heteroatoms. The molecule has 0 aromatic carbocycles. The highest BCUT2D eigenvalue weighted by molar-refractivity contribution is 5.99. The number of amides is 3. The van der Waals surface area contributed by atoms with Crippen molar-refractivity contribution in [1.29, 1.82) is 0 Å². The molecule has 1 fully saturated rings. The Morgan fingerprint density at radius 1 is 1.12 bits per heavy atom. The van der Waals surface area contributed by atoms with E-state index in [1.54, 1.807) is 0 Å². The first-order valence-corrected chi connectivity index (χ1v) is 9.46. The third-order valence-corrected chi connectivity index (χ3v) is 4.84. The fourth-order valence-corrected chi connectivity index (χ4v) is 2.62. The summed E-state index contributed by atoms with van der Waals surface area (Å²) >= 11 is 0. The number of imide groups is 1. The minimum Gasteiger partial charge on any atom is -0.379 e. The molecular formula is C18H34N4O4. The van der Waals surface area contributed by atoms with Crippen molar-refractivity contribution < 1.29 is 19.1 Å². The highest BCUT2D eigenvalue weighted by Gasteiger charge is 2.29. The van der Waals surface area contributed by atoms with Crippen LogP contribution in [0.15, 0.2) is 0 Å². The van der Waals surface area contributed by atoms with Gasteiger partial charge in [-0.1, -0.05) is 34.1 Å². The molecule has 1 rings (SSSR count). The smallest absolute Gasteiger partial charge is 0.249 e. The van der Waals surface area contributed by atoms with E-state index in [0.717, 1.165) is 13.1 Å². The standard InChI is InChI=1S/C18H34N4O4/c1-5-13(4)16(21-17(24)15(19)12(2)3)18(25)20-14(23)6-7-22-8-10-26-11-9-22/h12-13,15-16H,5-11,19H2,1-4H3,(H,21,24)(H,20,23,25)/t13-,15-,16-/m0/s1. The molecule has 0 spiro atoms. The van der Waals surface area contributed by atoms with Crippen LogP contribution in [0.5, 0.6) is 0 Å². The molecular weight excluding hydrogens is 336 g/mol. The van der Waals surface area contributed by atoms with Crippen molar-refractivity contribution in [1.82, 2.24) is 15.5 Å². The summed E-state index contributed by atoms with van der Waals surface area (Å²) in [5.41, 5.74) is 5.86. The fourth-order valence-electron chi connectivity index (χ4n) is 2.62. The van der Waals surface area contributed by atoms with Gasteiger partial charge in [-0.3, -0.25) is 24.6 Å². The SMILES string of the molecule is CC[C@H](C)[C@H](NC(=O)[C@@H](N)C(C)C)C(=O)NC(=O)CCN1CCOCC1. The number of nitrogens with one attached hydrogen (secondary N) is 2. The quantitative estimate of drug-likeness (QED) is 0.521. The number of nitrogens with two attached hydrogens (primary N) is 1. The van der Waals surface area contributed by atoms with Crippen LogP contribution in [-0.4, -0.2) is 67.6 Å². The Kier molecular flexibility index (Phi) is 9.75. The minimum absolute atomic E-state index is 0.0363. The highest BCUT2D eigenvalue weighted by Crippen LogP contribution is 2.09. The largest absolute Gasteiger partial charge is 0.379 e. The Hall–Kier alpha value is -1.51. The third kappa shape index (κ3) is 7.39. The van der Waals surface area contributed by atoms with Crippen molar-refractivity contribution in [2.24, 2.45) is 17.6 Å². The van der Waals surface area contributed by atoms with Gasteiger partial charge in [-0.25, -0.2) is 0 Å². The second-order valence-electron chi connectivity index (χ2n) is 7.26. The highest BCUT2D eigenvalue weighted by atomic mass is 16.5. The number of hydrogen-bond acceptors (Lipinski definition) is 6. The van der Waals surface area contributed by atoms with E-state index in [1.807, 2.05) is 27.7 Å². The summed E-state index contributed by atoms with van der Waals surface area (Å²) in [6.45, 7) is 11.0. The lowest BCUT2D eigenvalue weighted by Crippen LogP contribution is -2.56. The van der Waals surface area contributed by atoms with Gasteiger partial charge >= 0.3 is 0 Å². The van der Waals surface area contributed by atoms with E-state index in [4.69, 9.17) is 10.5 Å². The van der Waals surface area contributed by atoms with Crippen LogP contribution in [0.25, 0.3) is 0 Å². The van der Waals surface area contributed by atoms with Gasteiger partial charge in [0.15, 0.2) is 0 Å². The summed E-state index contributed by atoms with van der Waals surface area (Å²) < 4.78 is 5.27. The Morgan fingerprint density at radius 2 is 1.73 bits per heavy atom. The maximum Gasteiger partial charge on any atom is 0.249 e. The van der Waals surface area contributed by atoms with Gasteiger partial charge in [0.25, 0.3) is 0 Å². The van der Waals surface area contributed by atoms with Crippen molar-refractivity contribution in [2.45, 2.75) is 52.6 Å². The molecule has 0 bridgehead atoms. The van der Waals surface area contributed by atoms with Gasteiger partial charge in [-0.15, -0.1) is 0 Å². The van der Waals surface area contributed by atoms with Crippen molar-refractivity contribution in [2.75, 3.05) is 32.8 Å². The van der Waals surface area contributed by atoms with E-state index < -0.39 is 18.0 Å². The molecule has 8 nitrogen and oxygen atoms in total. The minimum atomic E-state index is -0.773. The maximum atomic E-state index is 12.5. The monoisotopic (exact) mass is 370 g/mol. The molecule has 0 aromatic rings. The molecule has 1 aliphatic rings. The van der Waals surface area contributed by atoms with Crippen molar-refractivity contribution in [3.05, 3.63) is 0 Å². The summed E-state index contributed by atoms with van der Waals surface area (Å²) in [6, 6.07) is -1.46. The van der Waals surface area contributed by atoms with Crippen LogP contribution in [-0.2, 0) is 19.1 Å². The van der Waals surface area contributed by atoms with Gasteiger partial charge < -0.3 is 15.8 Å². The first-order valence-electron chi connectivity index (χ1n) is 9.46. The molecule has 1 aliphatic heterocycles. The van der Waals surface area contributed by atoms with Crippen LogP contribution in [0.3, 0.4) is 0 Å². The number of hydrogen-bond donors (Lipinski definition) is 3. The van der Waals surface area contributed by atoms with Gasteiger partial charge in [-0.05, 0) is 11.8 Å². The predicted molar refractivity (Wildman–Crippen MR) is 99.2 cm³/mol. The molecule has 3 amide bonds. The van der Waals surface area contributed by atoms with E-state index in [2.05, 4.69) is 15.5 Å². The van der Waals surface area contributed by atoms with Gasteiger partial charge in [0.05, 0.1) is 19.3 Å². The van der Waals surface area contributed by atoms with Crippen LogP contribution in [0.1, 0.15) is 40.5 Å². The molecule has 26 heavy (non-hydrogen) atoms. The lowest BCUT2D eigenvalue weighted by molar-refractivity contribution is -0.135. The van der Waals surface area contributed by atoms with E-state index in [1.165, 1.54) is 0 Å². The molecule has 0 radical (unpaired) electrons. The molecule has 4 N–H and O–H groups in total. The molecule has 0 aromatic heterocycles. The maximum absolute atomic E-state index is 12.5. The van der Waals surface area contributed by atoms with Crippen molar-refractivity contribution >= 4 is 17.7 Å². The summed E-state index contributed by atoms with van der Waals surface area (Å²) in [5.74, 6) is -1.33. The molecule has 3 atom stereocenters. The Labute approximate surface area is 156 Å². The zero-order chi connectivity index (χ0) is 19.7. The molecule has 0 unspecified atom stereocenters. The lowest BCUT2D eigenvalue weighted by atomic mass is 9.96. The topological polar surface area (TPSA) is 114 Å². The molecule has 1 saturated heterocycles. The first kappa shape index (κ1) is 22.5. The number of ether oxygens (including phenoxy) is 1. The zero-order valence-electron chi connectivity index (χ0n) is 16.4. The van der Waals surface area contributed by atoms with Crippen LogP contribution in [0, 0.1) is 11.8 Å². The molecule has 0 aliphatic carbocycles. The number of rotatable bonds is 9. The van der Waals surface area contributed by atoms with E-state index in [0.29, 0.717) is 26.2 Å². The summed E-state index contributed by atoms with van der Waals surface area (Å²) in [5, 5.41) is 5.12. The molecule has 150 valence electrons. The van der Waals surface area contributed by atoms with Crippen LogP contribution < -0.4 is 16.4 Å². The molecule has 0 saturated carbocycles. The van der Waals surface area contributed by atoms with Gasteiger partial charge in [0.2, 0.25) is 17.7 Å². The average Bonchev–Trinajstić information content (AvgIpc) is 2.63. The van der Waals surface area contributed by atoms with E-state index in [-0.39, 0.29) is 30.1 Å². The second-order valence-corrected chi connectivity index (χ2v) is 7.26. The Bertz CT molecular complexity index is 478. The summed E-state index contributed by atoms with van der Waals surface area (Å²) in [7, 11) is 0.